The molecule has 1 N–H and O–H groups in total. The molecule has 1 heterocycles. The summed E-state index contributed by atoms with van der Waals surface area (Å²) in [6, 6.07) is 11.2. The Morgan fingerprint density at radius 3 is 2.61 bits per heavy atom. The molecule has 0 spiro atoms. The highest BCUT2D eigenvalue weighted by Gasteiger charge is 2.14. The number of H-pyrrole nitrogens is 1. The average molecular weight is 420 g/mol. The number of benzene rings is 2. The van der Waals surface area contributed by atoms with Crippen molar-refractivity contribution >= 4 is 23.8 Å². The number of methoxy groups -OCH3 is 2. The Hall–Kier alpha value is -2.51. The predicted octanol–water partition coefficient (Wildman–Crippen LogP) is 4.92. The summed E-state index contributed by atoms with van der Waals surface area (Å²) >= 11 is 11.4. The smallest absolute Gasteiger partial charge is 0.199 e. The molecule has 0 atom stereocenters. The molecule has 0 aliphatic heterocycles. The highest BCUT2D eigenvalue weighted by molar-refractivity contribution is 7.71. The van der Waals surface area contributed by atoms with Crippen LogP contribution in [-0.4, -0.2) is 35.6 Å². The molecule has 2 aromatic carbocycles. The van der Waals surface area contributed by atoms with Crippen LogP contribution in [0.25, 0.3) is 5.69 Å². The molecule has 0 aliphatic rings. The van der Waals surface area contributed by atoms with E-state index in [0.717, 1.165) is 29.2 Å². The van der Waals surface area contributed by atoms with Gasteiger partial charge in [0.25, 0.3) is 0 Å². The molecule has 0 saturated heterocycles. The summed E-state index contributed by atoms with van der Waals surface area (Å²) in [6.07, 6.45) is 1.45. The molecule has 3 aromatic rings. The molecule has 0 radical (unpaired) electrons. The molecular formula is C20H22ClN3O3S. The third-order valence-corrected chi connectivity index (χ3v) is 4.82. The lowest BCUT2D eigenvalue weighted by atomic mass is 10.2. The van der Waals surface area contributed by atoms with Crippen molar-refractivity contribution in [2.45, 2.75) is 19.8 Å². The van der Waals surface area contributed by atoms with Crippen molar-refractivity contribution in [3.05, 3.63) is 57.6 Å². The Morgan fingerprint density at radius 2 is 1.89 bits per heavy atom. The monoisotopic (exact) mass is 419 g/mol. The molecule has 8 heteroatoms. The summed E-state index contributed by atoms with van der Waals surface area (Å²) in [4.78, 5) is 0. The minimum atomic E-state index is 0.496. The maximum Gasteiger partial charge on any atom is 0.199 e. The number of ether oxygens (including phenoxy) is 3. The first-order chi connectivity index (χ1) is 13.5. The van der Waals surface area contributed by atoms with Crippen LogP contribution in [0.15, 0.2) is 36.4 Å². The van der Waals surface area contributed by atoms with Crippen LogP contribution in [0.3, 0.4) is 0 Å². The topological polar surface area (TPSA) is 61.3 Å². The number of halogens is 1. The van der Waals surface area contributed by atoms with E-state index in [0.29, 0.717) is 34.3 Å². The molecule has 0 bridgehead atoms. The number of nitrogens with one attached hydrogen (secondary N) is 1. The zero-order valence-corrected chi connectivity index (χ0v) is 17.6. The first kappa shape index (κ1) is 20.2. The van der Waals surface area contributed by atoms with E-state index in [2.05, 4.69) is 10.2 Å². The van der Waals surface area contributed by atoms with Gasteiger partial charge in [0.15, 0.2) is 4.77 Å². The van der Waals surface area contributed by atoms with E-state index in [1.165, 1.54) is 0 Å². The van der Waals surface area contributed by atoms with Gasteiger partial charge in [0.2, 0.25) is 0 Å². The number of aromatic amines is 1. The number of hydrogen-bond acceptors (Lipinski definition) is 5. The number of nitrogens with zero attached hydrogens (tertiary/aromatic N) is 2. The van der Waals surface area contributed by atoms with Crippen molar-refractivity contribution in [1.29, 1.82) is 0 Å². The van der Waals surface area contributed by atoms with Gasteiger partial charge in [0, 0.05) is 17.5 Å². The number of hydrogen-bond donors (Lipinski definition) is 1. The number of aryl methyl sites for hydroxylation is 2. The van der Waals surface area contributed by atoms with E-state index in [9.17, 15) is 0 Å². The van der Waals surface area contributed by atoms with Crippen molar-refractivity contribution in [3.63, 3.8) is 0 Å². The Kier molecular flexibility index (Phi) is 6.59. The minimum absolute atomic E-state index is 0.496. The quantitative estimate of drug-likeness (QED) is 0.414. The third kappa shape index (κ3) is 4.48. The van der Waals surface area contributed by atoms with E-state index in [1.54, 1.807) is 14.2 Å². The normalized spacial score (nSPS) is 10.7. The van der Waals surface area contributed by atoms with Crippen LogP contribution in [0.1, 0.15) is 17.8 Å². The van der Waals surface area contributed by atoms with E-state index in [1.807, 2.05) is 47.9 Å². The zero-order valence-electron chi connectivity index (χ0n) is 16.0. The van der Waals surface area contributed by atoms with Crippen LogP contribution in [0.2, 0.25) is 5.02 Å². The van der Waals surface area contributed by atoms with E-state index >= 15 is 0 Å². The minimum Gasteiger partial charge on any atom is -0.497 e. The van der Waals surface area contributed by atoms with Gasteiger partial charge in [-0.2, -0.15) is 5.10 Å². The fourth-order valence-corrected chi connectivity index (χ4v) is 3.38. The van der Waals surface area contributed by atoms with Crippen molar-refractivity contribution in [1.82, 2.24) is 14.8 Å². The van der Waals surface area contributed by atoms with E-state index in [4.69, 9.17) is 38.0 Å². The van der Waals surface area contributed by atoms with Gasteiger partial charge in [-0.05, 0) is 61.5 Å². The van der Waals surface area contributed by atoms with Gasteiger partial charge in [-0.1, -0.05) is 11.6 Å². The predicted molar refractivity (Wildman–Crippen MR) is 112 cm³/mol. The lowest BCUT2D eigenvalue weighted by Crippen LogP contribution is -2.07. The second-order valence-corrected chi connectivity index (χ2v) is 7.00. The zero-order chi connectivity index (χ0) is 20.1. The van der Waals surface area contributed by atoms with E-state index < -0.39 is 0 Å². The molecule has 0 amide bonds. The van der Waals surface area contributed by atoms with E-state index in [-0.39, 0.29) is 0 Å². The van der Waals surface area contributed by atoms with Crippen LogP contribution < -0.4 is 14.2 Å². The largest absolute Gasteiger partial charge is 0.497 e. The second-order valence-electron chi connectivity index (χ2n) is 6.18. The molecule has 0 unspecified atom stereocenters. The third-order valence-electron chi connectivity index (χ3n) is 4.31. The average Bonchev–Trinajstić information content (AvgIpc) is 3.06. The highest BCUT2D eigenvalue weighted by atomic mass is 35.5. The van der Waals surface area contributed by atoms with Gasteiger partial charge in [0.05, 0.1) is 26.5 Å². The van der Waals surface area contributed by atoms with Crippen LogP contribution in [0, 0.1) is 11.7 Å². The molecular weight excluding hydrogens is 398 g/mol. The van der Waals surface area contributed by atoms with Crippen molar-refractivity contribution in [2.24, 2.45) is 0 Å². The van der Waals surface area contributed by atoms with Gasteiger partial charge in [-0.15, -0.1) is 0 Å². The van der Waals surface area contributed by atoms with Crippen molar-refractivity contribution < 1.29 is 14.2 Å². The Labute approximate surface area is 174 Å². The molecule has 6 nitrogen and oxygen atoms in total. The Bertz CT molecular complexity index is 1020. The first-order valence-corrected chi connectivity index (χ1v) is 9.59. The summed E-state index contributed by atoms with van der Waals surface area (Å²) in [5.41, 5.74) is 1.79. The lowest BCUT2D eigenvalue weighted by molar-refractivity contribution is 0.307. The highest BCUT2D eigenvalue weighted by Crippen LogP contribution is 2.29. The van der Waals surface area contributed by atoms with Gasteiger partial charge in [0.1, 0.15) is 23.1 Å². The summed E-state index contributed by atoms with van der Waals surface area (Å²) < 4.78 is 19.1. The Balaban J connectivity index is 1.74. The summed E-state index contributed by atoms with van der Waals surface area (Å²) in [5, 5.41) is 7.94. The summed E-state index contributed by atoms with van der Waals surface area (Å²) in [7, 11) is 3.24. The van der Waals surface area contributed by atoms with Crippen LogP contribution in [-0.2, 0) is 6.42 Å². The van der Waals surface area contributed by atoms with Gasteiger partial charge in [-0.25, -0.2) is 0 Å². The Morgan fingerprint density at radius 1 is 1.11 bits per heavy atom. The number of aromatic nitrogens is 3. The van der Waals surface area contributed by atoms with Gasteiger partial charge < -0.3 is 14.2 Å². The van der Waals surface area contributed by atoms with Crippen LogP contribution in [0.5, 0.6) is 17.2 Å². The van der Waals surface area contributed by atoms with Crippen LogP contribution in [0.4, 0.5) is 0 Å². The molecule has 28 heavy (non-hydrogen) atoms. The first-order valence-electron chi connectivity index (χ1n) is 8.81. The standard InChI is InChI=1S/C20H22ClN3O3S/c1-13-11-14(21)6-8-17(13)27-10-4-5-19-22-23-20(28)24(19)16-12-15(25-2)7-9-18(16)26-3/h6-9,11-12H,4-5,10H2,1-3H3,(H,23,28). The fraction of sp³-hybridized carbons (Fsp3) is 0.300. The van der Waals surface area contributed by atoms with Crippen molar-refractivity contribution in [3.8, 4) is 22.9 Å². The summed E-state index contributed by atoms with van der Waals surface area (Å²) in [5.74, 6) is 3.03. The fourth-order valence-electron chi connectivity index (χ4n) is 2.90. The maximum absolute atomic E-state index is 5.98. The molecule has 1 aromatic heterocycles. The molecule has 0 saturated carbocycles. The van der Waals surface area contributed by atoms with Crippen LogP contribution >= 0.6 is 23.8 Å². The maximum atomic E-state index is 5.98. The molecule has 0 aliphatic carbocycles. The lowest BCUT2D eigenvalue weighted by Gasteiger charge is -2.13. The number of rotatable bonds is 8. The second kappa shape index (κ2) is 9.12. The van der Waals surface area contributed by atoms with Gasteiger partial charge in [-0.3, -0.25) is 9.67 Å². The van der Waals surface area contributed by atoms with Gasteiger partial charge >= 0.3 is 0 Å². The molecule has 3 rings (SSSR count). The molecule has 0 fully saturated rings. The molecule has 148 valence electrons. The van der Waals surface area contributed by atoms with Crippen molar-refractivity contribution in [2.75, 3.05) is 20.8 Å². The SMILES string of the molecule is COc1ccc(OC)c(-n2c(CCCOc3ccc(Cl)cc3C)n[nH]c2=S)c1. The summed E-state index contributed by atoms with van der Waals surface area (Å²) in [6.45, 7) is 2.53.